The molecule has 1 aliphatic heterocycles. The largest absolute Gasteiger partial charge is 0.466 e. The first-order valence-electron chi connectivity index (χ1n) is 7.30. The molecule has 3 rings (SSSR count). The Morgan fingerprint density at radius 3 is 2.80 bits per heavy atom. The molecule has 5 heteroatoms. The number of hydrogen-bond donors (Lipinski definition) is 1. The molecule has 0 bridgehead atoms. The van der Waals surface area contributed by atoms with Gasteiger partial charge in [0.25, 0.3) is 0 Å². The molecule has 4 nitrogen and oxygen atoms in total. The predicted molar refractivity (Wildman–Crippen MR) is 78.5 cm³/mol. The third kappa shape index (κ3) is 2.79. The summed E-state index contributed by atoms with van der Waals surface area (Å²) in [6, 6.07) is 2.40. The van der Waals surface area contributed by atoms with Crippen LogP contribution in [0.5, 0.6) is 0 Å². The van der Waals surface area contributed by atoms with E-state index in [1.807, 2.05) is 6.92 Å². The van der Waals surface area contributed by atoms with E-state index in [1.54, 1.807) is 0 Å². The molecule has 1 aromatic rings. The van der Waals surface area contributed by atoms with E-state index in [2.05, 4.69) is 25.2 Å². The van der Waals surface area contributed by atoms with Gasteiger partial charge >= 0.3 is 0 Å². The van der Waals surface area contributed by atoms with Gasteiger partial charge in [0.2, 0.25) is 0 Å². The molecular weight excluding hydrogens is 274 g/mol. The average Bonchev–Trinajstić information content (AvgIpc) is 2.79. The van der Waals surface area contributed by atoms with Crippen LogP contribution in [0.1, 0.15) is 49.8 Å². The molecular formula is C15H23NO3S. The van der Waals surface area contributed by atoms with Crippen molar-refractivity contribution in [1.29, 1.82) is 0 Å². The fraction of sp³-hybridized carbons (Fsp3) is 0.733. The topological polar surface area (TPSA) is 59.3 Å². The van der Waals surface area contributed by atoms with Crippen LogP contribution in [0.25, 0.3) is 0 Å². The number of fused-ring (bicyclic) bond motifs is 1. The lowest BCUT2D eigenvalue weighted by atomic mass is 9.74. The Balaban J connectivity index is 1.82. The summed E-state index contributed by atoms with van der Waals surface area (Å²) >= 11 is 0. The summed E-state index contributed by atoms with van der Waals surface area (Å²) in [6.45, 7) is 6.46. The number of furan rings is 1. The molecule has 0 amide bonds. The number of sulfone groups is 1. The standard InChI is InChI=1S/C15H23NO3S/c1-10-6-12-13(7-15(2,3)8-14(12)19-10)16-11-4-5-20(17,18)9-11/h6,11,13,16H,4-5,7-9H2,1-3H3. The Morgan fingerprint density at radius 2 is 2.15 bits per heavy atom. The van der Waals surface area contributed by atoms with Crippen LogP contribution < -0.4 is 5.32 Å². The van der Waals surface area contributed by atoms with Crippen LogP contribution >= 0.6 is 0 Å². The molecule has 2 unspecified atom stereocenters. The second kappa shape index (κ2) is 4.60. The van der Waals surface area contributed by atoms with Gasteiger partial charge < -0.3 is 9.73 Å². The van der Waals surface area contributed by atoms with E-state index in [1.165, 1.54) is 5.56 Å². The van der Waals surface area contributed by atoms with Gasteiger partial charge in [0.15, 0.2) is 9.84 Å². The number of aryl methyl sites for hydroxylation is 1. The summed E-state index contributed by atoms with van der Waals surface area (Å²) in [5.74, 6) is 2.60. The van der Waals surface area contributed by atoms with Crippen LogP contribution in [0.15, 0.2) is 10.5 Å². The molecule has 112 valence electrons. The number of hydrogen-bond acceptors (Lipinski definition) is 4. The van der Waals surface area contributed by atoms with Gasteiger partial charge in [-0.25, -0.2) is 8.42 Å². The first kappa shape index (κ1) is 14.1. The predicted octanol–water partition coefficient (Wildman–Crippen LogP) is 2.38. The van der Waals surface area contributed by atoms with E-state index in [4.69, 9.17) is 4.42 Å². The number of nitrogens with one attached hydrogen (secondary N) is 1. The Bertz CT molecular complexity index is 615. The Hall–Kier alpha value is -0.810. The van der Waals surface area contributed by atoms with E-state index < -0.39 is 9.84 Å². The van der Waals surface area contributed by atoms with Crippen molar-refractivity contribution in [3.8, 4) is 0 Å². The van der Waals surface area contributed by atoms with Crippen molar-refractivity contribution in [2.75, 3.05) is 11.5 Å². The van der Waals surface area contributed by atoms with Crippen molar-refractivity contribution < 1.29 is 12.8 Å². The van der Waals surface area contributed by atoms with Crippen LogP contribution in [0.2, 0.25) is 0 Å². The second-order valence-corrected chi connectivity index (χ2v) is 9.33. The minimum Gasteiger partial charge on any atom is -0.466 e. The molecule has 0 aromatic carbocycles. The SMILES string of the molecule is Cc1cc2c(o1)CC(C)(C)CC2NC1CCS(=O)(=O)C1. The van der Waals surface area contributed by atoms with E-state index in [9.17, 15) is 8.42 Å². The minimum absolute atomic E-state index is 0.0851. The maximum absolute atomic E-state index is 11.6. The smallest absolute Gasteiger partial charge is 0.151 e. The van der Waals surface area contributed by atoms with Crippen LogP contribution in [0.4, 0.5) is 0 Å². The van der Waals surface area contributed by atoms with E-state index in [0.29, 0.717) is 5.75 Å². The molecule has 20 heavy (non-hydrogen) atoms. The van der Waals surface area contributed by atoms with Gasteiger partial charge in [-0.2, -0.15) is 0 Å². The maximum atomic E-state index is 11.6. The summed E-state index contributed by atoms with van der Waals surface area (Å²) in [4.78, 5) is 0. The summed E-state index contributed by atoms with van der Waals surface area (Å²) in [7, 11) is -2.83. The quantitative estimate of drug-likeness (QED) is 0.910. The fourth-order valence-electron chi connectivity index (χ4n) is 3.54. The average molecular weight is 297 g/mol. The molecule has 1 aromatic heterocycles. The number of rotatable bonds is 2. The molecule has 2 aliphatic rings. The molecule has 0 radical (unpaired) electrons. The fourth-order valence-corrected chi connectivity index (χ4v) is 5.23. The van der Waals surface area contributed by atoms with Crippen LogP contribution in [-0.2, 0) is 16.3 Å². The molecule has 0 saturated carbocycles. The van der Waals surface area contributed by atoms with Gasteiger partial charge in [0.05, 0.1) is 11.5 Å². The summed E-state index contributed by atoms with van der Waals surface area (Å²) < 4.78 is 29.0. The first-order valence-corrected chi connectivity index (χ1v) is 9.12. The van der Waals surface area contributed by atoms with E-state index in [0.717, 1.165) is 30.8 Å². The highest BCUT2D eigenvalue weighted by Crippen LogP contribution is 2.42. The molecule has 2 heterocycles. The third-order valence-corrected chi connectivity index (χ3v) is 6.17. The van der Waals surface area contributed by atoms with Crippen molar-refractivity contribution in [2.24, 2.45) is 5.41 Å². The lowest BCUT2D eigenvalue weighted by molar-refractivity contribution is 0.227. The Labute approximate surface area is 120 Å². The van der Waals surface area contributed by atoms with Gasteiger partial charge in [0, 0.05) is 24.1 Å². The molecule has 0 spiro atoms. The summed E-state index contributed by atoms with van der Waals surface area (Å²) in [5, 5.41) is 3.56. The van der Waals surface area contributed by atoms with Crippen LogP contribution in [0, 0.1) is 12.3 Å². The summed E-state index contributed by atoms with van der Waals surface area (Å²) in [6.07, 6.45) is 2.71. The monoisotopic (exact) mass is 297 g/mol. The highest BCUT2D eigenvalue weighted by atomic mass is 32.2. The highest BCUT2D eigenvalue weighted by molar-refractivity contribution is 7.91. The second-order valence-electron chi connectivity index (χ2n) is 7.10. The minimum atomic E-state index is -2.83. The van der Waals surface area contributed by atoms with Gasteiger partial charge in [-0.3, -0.25) is 0 Å². The van der Waals surface area contributed by atoms with Gasteiger partial charge in [0.1, 0.15) is 11.5 Å². The zero-order valence-corrected chi connectivity index (χ0v) is 13.2. The highest BCUT2D eigenvalue weighted by Gasteiger charge is 2.37. The Kier molecular flexibility index (Phi) is 3.25. The van der Waals surface area contributed by atoms with E-state index in [-0.39, 0.29) is 23.3 Å². The van der Waals surface area contributed by atoms with Crippen molar-refractivity contribution >= 4 is 9.84 Å². The molecule has 1 saturated heterocycles. The molecule has 2 atom stereocenters. The lowest BCUT2D eigenvalue weighted by Crippen LogP contribution is -2.39. The van der Waals surface area contributed by atoms with E-state index >= 15 is 0 Å². The van der Waals surface area contributed by atoms with Crippen molar-refractivity contribution in [3.05, 3.63) is 23.2 Å². The molecule has 1 N–H and O–H groups in total. The molecule has 1 aliphatic carbocycles. The third-order valence-electron chi connectivity index (χ3n) is 4.41. The molecule has 1 fully saturated rings. The van der Waals surface area contributed by atoms with Gasteiger partial charge in [-0.05, 0) is 31.2 Å². The van der Waals surface area contributed by atoms with Gasteiger partial charge in [-0.1, -0.05) is 13.8 Å². The van der Waals surface area contributed by atoms with Crippen molar-refractivity contribution in [2.45, 2.75) is 52.1 Å². The summed E-state index contributed by atoms with van der Waals surface area (Å²) in [5.41, 5.74) is 1.41. The van der Waals surface area contributed by atoms with Gasteiger partial charge in [-0.15, -0.1) is 0 Å². The van der Waals surface area contributed by atoms with Crippen LogP contribution in [0.3, 0.4) is 0 Å². The van der Waals surface area contributed by atoms with Crippen molar-refractivity contribution in [3.63, 3.8) is 0 Å². The zero-order valence-electron chi connectivity index (χ0n) is 12.4. The van der Waals surface area contributed by atoms with Crippen LogP contribution in [-0.4, -0.2) is 26.0 Å². The zero-order chi connectivity index (χ0) is 14.5. The Morgan fingerprint density at radius 1 is 1.40 bits per heavy atom. The lowest BCUT2D eigenvalue weighted by Gasteiger charge is -2.36. The first-order chi connectivity index (χ1) is 9.24. The van der Waals surface area contributed by atoms with Crippen molar-refractivity contribution in [1.82, 2.24) is 5.32 Å². The normalized spacial score (nSPS) is 31.1. The maximum Gasteiger partial charge on any atom is 0.151 e.